The van der Waals surface area contributed by atoms with Crippen molar-refractivity contribution in [1.29, 1.82) is 0 Å². The fourth-order valence-corrected chi connectivity index (χ4v) is 0.771. The van der Waals surface area contributed by atoms with E-state index in [2.05, 4.69) is 4.98 Å². The van der Waals surface area contributed by atoms with Gasteiger partial charge in [0.05, 0.1) is 0 Å². The first-order chi connectivity index (χ1) is 5.70. The number of aromatic nitrogens is 1. The van der Waals surface area contributed by atoms with Crippen LogP contribution in [0.15, 0.2) is 30.1 Å². The molecule has 1 aromatic heterocycles. The summed E-state index contributed by atoms with van der Waals surface area (Å²) in [5.74, 6) is -0.896. The molecule has 1 heterocycles. The van der Waals surface area contributed by atoms with E-state index in [1.165, 1.54) is 0 Å². The van der Waals surface area contributed by atoms with Gasteiger partial charge in [-0.15, -0.1) is 0 Å². The van der Waals surface area contributed by atoms with Crippen LogP contribution in [0.25, 0.3) is 6.08 Å². The first-order valence-electron chi connectivity index (χ1n) is 3.52. The third-order valence-electron chi connectivity index (χ3n) is 1.43. The molecule has 1 N–H and O–H groups in total. The predicted molar refractivity (Wildman–Crippen MR) is 45.5 cm³/mol. The second-order valence-electron chi connectivity index (χ2n) is 2.41. The molecule has 0 amide bonds. The van der Waals surface area contributed by atoms with E-state index >= 15 is 0 Å². The zero-order chi connectivity index (χ0) is 8.97. The lowest BCUT2D eigenvalue weighted by atomic mass is 10.2. The van der Waals surface area contributed by atoms with Gasteiger partial charge in [-0.2, -0.15) is 0 Å². The number of carboxylic acids is 1. The highest BCUT2D eigenvalue weighted by molar-refractivity contribution is 5.91. The molecule has 0 bridgehead atoms. The maximum absolute atomic E-state index is 10.4. The van der Waals surface area contributed by atoms with Crippen molar-refractivity contribution in [3.8, 4) is 0 Å². The second-order valence-corrected chi connectivity index (χ2v) is 2.41. The molecule has 0 saturated heterocycles. The van der Waals surface area contributed by atoms with Crippen molar-refractivity contribution in [2.45, 2.75) is 6.92 Å². The number of hydrogen-bond acceptors (Lipinski definition) is 2. The molecule has 0 aromatic carbocycles. The minimum Gasteiger partial charge on any atom is -0.478 e. The molecule has 12 heavy (non-hydrogen) atoms. The molecule has 3 nitrogen and oxygen atoms in total. The number of pyridine rings is 1. The Kier molecular flexibility index (Phi) is 2.58. The highest BCUT2D eigenvalue weighted by Crippen LogP contribution is 2.04. The van der Waals surface area contributed by atoms with Crippen molar-refractivity contribution in [3.05, 3.63) is 35.7 Å². The molecule has 3 heteroatoms. The van der Waals surface area contributed by atoms with Gasteiger partial charge < -0.3 is 5.11 Å². The molecule has 0 aliphatic carbocycles. The number of hydrogen-bond donors (Lipinski definition) is 1. The number of aliphatic carboxylic acids is 1. The number of carboxylic acid groups (broad SMARTS) is 1. The third-order valence-corrected chi connectivity index (χ3v) is 1.43. The van der Waals surface area contributed by atoms with Gasteiger partial charge in [0, 0.05) is 18.0 Å². The summed E-state index contributed by atoms with van der Waals surface area (Å²) in [5, 5.41) is 8.56. The summed E-state index contributed by atoms with van der Waals surface area (Å²) in [6.45, 7) is 1.56. The Morgan fingerprint density at radius 3 is 2.58 bits per heavy atom. The molecular weight excluding hydrogens is 154 g/mol. The smallest absolute Gasteiger partial charge is 0.331 e. The monoisotopic (exact) mass is 163 g/mol. The largest absolute Gasteiger partial charge is 0.478 e. The van der Waals surface area contributed by atoms with Gasteiger partial charge in [0.15, 0.2) is 0 Å². The van der Waals surface area contributed by atoms with Crippen LogP contribution >= 0.6 is 0 Å². The van der Waals surface area contributed by atoms with E-state index in [1.807, 2.05) is 0 Å². The van der Waals surface area contributed by atoms with Crippen molar-refractivity contribution in [2.24, 2.45) is 0 Å². The quantitative estimate of drug-likeness (QED) is 0.673. The maximum Gasteiger partial charge on any atom is 0.331 e. The Labute approximate surface area is 70.4 Å². The van der Waals surface area contributed by atoms with E-state index in [1.54, 1.807) is 37.5 Å². The van der Waals surface area contributed by atoms with Crippen LogP contribution < -0.4 is 0 Å². The van der Waals surface area contributed by atoms with Crippen LogP contribution in [0.1, 0.15) is 12.5 Å². The van der Waals surface area contributed by atoms with Gasteiger partial charge >= 0.3 is 5.97 Å². The highest BCUT2D eigenvalue weighted by Gasteiger charge is 1.98. The summed E-state index contributed by atoms with van der Waals surface area (Å²) in [4.78, 5) is 14.2. The topological polar surface area (TPSA) is 50.2 Å². The summed E-state index contributed by atoms with van der Waals surface area (Å²) in [6, 6.07) is 3.51. The van der Waals surface area contributed by atoms with Gasteiger partial charge in [0.1, 0.15) is 0 Å². The Balaban J connectivity index is 2.89. The standard InChI is InChI=1S/C9H9NO2/c1-7(9(11)12)6-8-2-4-10-5-3-8/h2-6H,1H3,(H,11,12). The molecule has 1 aromatic rings. The van der Waals surface area contributed by atoms with Crippen LogP contribution in [-0.4, -0.2) is 16.1 Å². The van der Waals surface area contributed by atoms with Crippen molar-refractivity contribution in [1.82, 2.24) is 4.98 Å². The predicted octanol–water partition coefficient (Wildman–Crippen LogP) is 1.57. The summed E-state index contributed by atoms with van der Waals surface area (Å²) >= 11 is 0. The summed E-state index contributed by atoms with van der Waals surface area (Å²) in [7, 11) is 0. The van der Waals surface area contributed by atoms with Gasteiger partial charge in [-0.05, 0) is 30.7 Å². The molecule has 0 fully saturated rings. The Morgan fingerprint density at radius 2 is 2.08 bits per heavy atom. The highest BCUT2D eigenvalue weighted by atomic mass is 16.4. The van der Waals surface area contributed by atoms with E-state index in [9.17, 15) is 4.79 Å². The van der Waals surface area contributed by atoms with Crippen molar-refractivity contribution in [2.75, 3.05) is 0 Å². The SMILES string of the molecule is CC(=Cc1ccncc1)C(=O)O. The minimum absolute atomic E-state index is 0.321. The molecule has 0 atom stereocenters. The lowest BCUT2D eigenvalue weighted by Crippen LogP contribution is -1.95. The molecule has 0 radical (unpaired) electrons. The summed E-state index contributed by atoms with van der Waals surface area (Å²) < 4.78 is 0. The van der Waals surface area contributed by atoms with Crippen LogP contribution in [0.4, 0.5) is 0 Å². The summed E-state index contributed by atoms with van der Waals surface area (Å²) in [6.07, 6.45) is 4.85. The lowest BCUT2D eigenvalue weighted by molar-refractivity contribution is -0.132. The molecule has 0 aliphatic rings. The van der Waals surface area contributed by atoms with Gasteiger partial charge in [-0.25, -0.2) is 4.79 Å². The lowest BCUT2D eigenvalue weighted by Gasteiger charge is -1.93. The van der Waals surface area contributed by atoms with E-state index in [0.29, 0.717) is 5.57 Å². The number of nitrogens with zero attached hydrogens (tertiary/aromatic N) is 1. The van der Waals surface area contributed by atoms with E-state index in [-0.39, 0.29) is 0 Å². The zero-order valence-corrected chi connectivity index (χ0v) is 6.69. The molecule has 0 unspecified atom stereocenters. The Morgan fingerprint density at radius 1 is 1.50 bits per heavy atom. The van der Waals surface area contributed by atoms with Gasteiger partial charge in [0.25, 0.3) is 0 Å². The first-order valence-corrected chi connectivity index (χ1v) is 3.52. The minimum atomic E-state index is -0.896. The van der Waals surface area contributed by atoms with Crippen molar-refractivity contribution in [3.63, 3.8) is 0 Å². The van der Waals surface area contributed by atoms with Gasteiger partial charge in [-0.1, -0.05) is 0 Å². The van der Waals surface area contributed by atoms with E-state index in [0.717, 1.165) is 5.56 Å². The van der Waals surface area contributed by atoms with Crippen molar-refractivity contribution < 1.29 is 9.90 Å². The van der Waals surface area contributed by atoms with Crippen LogP contribution in [0, 0.1) is 0 Å². The molecule has 0 saturated carbocycles. The zero-order valence-electron chi connectivity index (χ0n) is 6.69. The fourth-order valence-electron chi connectivity index (χ4n) is 0.771. The number of rotatable bonds is 2. The van der Waals surface area contributed by atoms with Crippen LogP contribution in [0.5, 0.6) is 0 Å². The molecular formula is C9H9NO2. The first kappa shape index (κ1) is 8.46. The van der Waals surface area contributed by atoms with Gasteiger partial charge in [-0.3, -0.25) is 4.98 Å². The van der Waals surface area contributed by atoms with E-state index in [4.69, 9.17) is 5.11 Å². The average molecular weight is 163 g/mol. The van der Waals surface area contributed by atoms with Crippen molar-refractivity contribution >= 4 is 12.0 Å². The normalized spacial score (nSPS) is 11.2. The Hall–Kier alpha value is -1.64. The van der Waals surface area contributed by atoms with E-state index < -0.39 is 5.97 Å². The molecule has 62 valence electrons. The van der Waals surface area contributed by atoms with Crippen LogP contribution in [0.3, 0.4) is 0 Å². The molecule has 0 aliphatic heterocycles. The van der Waals surface area contributed by atoms with Gasteiger partial charge in [0.2, 0.25) is 0 Å². The Bertz CT molecular complexity index is 304. The van der Waals surface area contributed by atoms with Crippen LogP contribution in [-0.2, 0) is 4.79 Å². The third kappa shape index (κ3) is 2.20. The number of carbonyl (C=O) groups is 1. The maximum atomic E-state index is 10.4. The van der Waals surface area contributed by atoms with Crippen LogP contribution in [0.2, 0.25) is 0 Å². The summed E-state index contributed by atoms with van der Waals surface area (Å²) in [5.41, 5.74) is 1.17. The molecule has 0 spiro atoms. The average Bonchev–Trinajstić information content (AvgIpc) is 2.06. The molecule has 1 rings (SSSR count). The second kappa shape index (κ2) is 3.67. The fraction of sp³-hybridized carbons (Fsp3) is 0.111.